The van der Waals surface area contributed by atoms with Gasteiger partial charge in [0.1, 0.15) is 0 Å². The highest BCUT2D eigenvalue weighted by atomic mass is 15.0. The molecular weight excluding hydrogens is 687 g/mol. The molecule has 1 heteroatoms. The first-order valence-electron chi connectivity index (χ1n) is 21.1. The topological polar surface area (TPSA) is 4.93 Å². The summed E-state index contributed by atoms with van der Waals surface area (Å²) < 4.78 is 32.8. The molecule has 0 saturated heterocycles. The van der Waals surface area contributed by atoms with Gasteiger partial charge in [-0.3, -0.25) is 0 Å². The van der Waals surface area contributed by atoms with E-state index < -0.39 is 0 Å². The number of nitrogens with zero attached hydrogens (tertiary/aromatic N) is 1. The van der Waals surface area contributed by atoms with Crippen molar-refractivity contribution in [1.29, 1.82) is 0 Å². The molecule has 0 unspecified atom stereocenters. The largest absolute Gasteiger partial charge is 0.309 e. The second-order valence-electron chi connectivity index (χ2n) is 15.4. The van der Waals surface area contributed by atoms with Crippen molar-refractivity contribution < 1.29 is 4.11 Å². The van der Waals surface area contributed by atoms with Crippen LogP contribution in [0.15, 0.2) is 200 Å². The minimum Gasteiger partial charge on any atom is -0.309 e. The van der Waals surface area contributed by atoms with E-state index in [1.807, 2.05) is 6.07 Å². The summed E-state index contributed by atoms with van der Waals surface area (Å²) in [6.45, 7) is 0. The number of benzene rings is 12. The molecule has 0 atom stereocenters. The van der Waals surface area contributed by atoms with Crippen LogP contribution in [-0.2, 0) is 0 Å². The van der Waals surface area contributed by atoms with Crippen LogP contribution < -0.4 is 0 Å². The molecule has 12 aromatic carbocycles. The van der Waals surface area contributed by atoms with Crippen molar-refractivity contribution in [2.75, 3.05) is 0 Å². The van der Waals surface area contributed by atoms with Crippen LogP contribution in [0.1, 0.15) is 4.11 Å². The highest BCUT2D eigenvalue weighted by Crippen LogP contribution is 2.47. The number of para-hydroxylation sites is 2. The van der Waals surface area contributed by atoms with Gasteiger partial charge in [0.25, 0.3) is 0 Å². The van der Waals surface area contributed by atoms with Crippen LogP contribution >= 0.6 is 0 Å². The molecule has 1 nitrogen and oxygen atoms in total. The molecular formula is C56H33N. The van der Waals surface area contributed by atoms with Crippen LogP contribution in [0.4, 0.5) is 0 Å². The summed E-state index contributed by atoms with van der Waals surface area (Å²) in [5.74, 6) is 0. The molecule has 0 spiro atoms. The zero-order valence-electron chi connectivity index (χ0n) is 33.8. The van der Waals surface area contributed by atoms with E-state index >= 15 is 0 Å². The monoisotopic (exact) mass is 722 g/mol. The van der Waals surface area contributed by atoms with Crippen LogP contribution in [0.5, 0.6) is 0 Å². The van der Waals surface area contributed by atoms with Crippen LogP contribution in [0.3, 0.4) is 0 Å². The molecule has 0 radical (unpaired) electrons. The fraction of sp³-hybridized carbons (Fsp3) is 0. The van der Waals surface area contributed by atoms with Crippen molar-refractivity contribution in [2.24, 2.45) is 0 Å². The fourth-order valence-electron chi connectivity index (χ4n) is 9.87. The molecule has 1 aromatic heterocycles. The highest BCUT2D eigenvalue weighted by Gasteiger charge is 2.20. The van der Waals surface area contributed by atoms with Crippen molar-refractivity contribution in [1.82, 2.24) is 4.57 Å². The standard InChI is InChI=1S/C56H33N/c1-2-14-42(15-3-1)57-51-18-5-4-16-45(51)50-32-40(26-30-52(50)57)44-28-25-39(43-27-23-38-22-20-34-9-6-10-36-24-29-47(43)56(38)53(34)36)31-48(44)49-33-41-13-7-11-35-19-21-37-12-8-17-46(49)55(37)54(35)41/h1-33H/i25D,28D,31D. The fourth-order valence-corrected chi connectivity index (χ4v) is 9.87. The van der Waals surface area contributed by atoms with E-state index in [4.69, 9.17) is 0 Å². The average Bonchev–Trinajstić information content (AvgIpc) is 3.63. The number of hydrogen-bond acceptors (Lipinski definition) is 0. The van der Waals surface area contributed by atoms with Crippen LogP contribution in [0.2, 0.25) is 0 Å². The van der Waals surface area contributed by atoms with Gasteiger partial charge in [0.15, 0.2) is 0 Å². The van der Waals surface area contributed by atoms with E-state index in [1.165, 1.54) is 16.2 Å². The van der Waals surface area contributed by atoms with Gasteiger partial charge in [-0.05, 0) is 140 Å². The Bertz CT molecular complexity index is 3900. The van der Waals surface area contributed by atoms with E-state index in [2.05, 4.69) is 180 Å². The van der Waals surface area contributed by atoms with E-state index in [0.717, 1.165) is 92.7 Å². The Morgan fingerprint density at radius 1 is 0.316 bits per heavy atom. The summed E-state index contributed by atoms with van der Waals surface area (Å²) in [6.07, 6.45) is 0. The van der Waals surface area contributed by atoms with Crippen LogP contribution in [-0.4, -0.2) is 4.57 Å². The van der Waals surface area contributed by atoms with Crippen molar-refractivity contribution in [3.05, 3.63) is 200 Å². The predicted molar refractivity (Wildman–Crippen MR) is 244 cm³/mol. The number of hydrogen-bond donors (Lipinski definition) is 0. The zero-order chi connectivity index (χ0) is 39.8. The van der Waals surface area contributed by atoms with Gasteiger partial charge in [0.05, 0.1) is 15.1 Å². The average molecular weight is 723 g/mol. The quantitative estimate of drug-likeness (QED) is 0.159. The third kappa shape index (κ3) is 4.34. The Morgan fingerprint density at radius 2 is 0.895 bits per heavy atom. The summed E-state index contributed by atoms with van der Waals surface area (Å²) in [5.41, 5.74) is 7.48. The third-order valence-electron chi connectivity index (χ3n) is 12.4. The SMILES string of the molecule is [2H]c1c([2H])c(-c2ccc3c(c2)c2ccccc2n3-c2ccccc2)c(-c2cc3cccc4ccc5cccc2c5c43)c([2H])c1-c1ccc2ccc3cccc4ccc1c2c34. The highest BCUT2D eigenvalue weighted by molar-refractivity contribution is 6.28. The van der Waals surface area contributed by atoms with Gasteiger partial charge in [-0.2, -0.15) is 0 Å². The summed E-state index contributed by atoms with van der Waals surface area (Å²) in [6, 6.07) is 64.4. The normalized spacial score (nSPS) is 12.9. The molecule has 0 aliphatic carbocycles. The first-order valence-corrected chi connectivity index (χ1v) is 19.6. The van der Waals surface area contributed by atoms with E-state index in [-0.39, 0.29) is 18.1 Å². The van der Waals surface area contributed by atoms with Crippen molar-refractivity contribution in [3.63, 3.8) is 0 Å². The molecule has 0 aliphatic heterocycles. The van der Waals surface area contributed by atoms with E-state index in [1.54, 1.807) is 0 Å². The lowest BCUT2D eigenvalue weighted by Gasteiger charge is -2.19. The first kappa shape index (κ1) is 28.0. The van der Waals surface area contributed by atoms with E-state index in [0.29, 0.717) is 16.7 Å². The van der Waals surface area contributed by atoms with Crippen LogP contribution in [0.25, 0.3) is 126 Å². The lowest BCUT2D eigenvalue weighted by Crippen LogP contribution is -1.94. The maximum absolute atomic E-state index is 10.5. The van der Waals surface area contributed by atoms with Gasteiger partial charge >= 0.3 is 0 Å². The predicted octanol–water partition coefficient (Wildman–Crippen LogP) is 15.6. The number of aromatic nitrogens is 1. The smallest absolute Gasteiger partial charge is 0.0636 e. The van der Waals surface area contributed by atoms with Crippen molar-refractivity contribution in [3.8, 4) is 39.1 Å². The number of fused-ring (bicyclic) bond motifs is 3. The number of rotatable bonds is 4. The third-order valence-corrected chi connectivity index (χ3v) is 12.4. The summed E-state index contributed by atoms with van der Waals surface area (Å²) >= 11 is 0. The van der Waals surface area contributed by atoms with Crippen LogP contribution in [0, 0.1) is 0 Å². The van der Waals surface area contributed by atoms with Gasteiger partial charge in [-0.25, -0.2) is 0 Å². The molecule has 0 N–H and O–H groups in total. The molecule has 57 heavy (non-hydrogen) atoms. The minimum atomic E-state index is 0.0534. The Labute approximate surface area is 333 Å². The lowest BCUT2D eigenvalue weighted by atomic mass is 9.84. The first-order chi connectivity index (χ1) is 29.5. The van der Waals surface area contributed by atoms with Gasteiger partial charge in [-0.1, -0.05) is 158 Å². The Morgan fingerprint density at radius 3 is 1.68 bits per heavy atom. The van der Waals surface area contributed by atoms with Gasteiger partial charge in [0, 0.05) is 16.5 Å². The molecule has 0 amide bonds. The van der Waals surface area contributed by atoms with Gasteiger partial charge < -0.3 is 4.57 Å². The minimum absolute atomic E-state index is 0.0534. The Balaban J connectivity index is 1.17. The maximum atomic E-state index is 10.5. The Kier molecular flexibility index (Phi) is 5.66. The second-order valence-corrected chi connectivity index (χ2v) is 15.4. The molecule has 0 saturated carbocycles. The summed E-state index contributed by atoms with van der Waals surface area (Å²) in [4.78, 5) is 0. The van der Waals surface area contributed by atoms with Crippen molar-refractivity contribution in [2.45, 2.75) is 0 Å². The maximum Gasteiger partial charge on any atom is 0.0636 e. The zero-order valence-corrected chi connectivity index (χ0v) is 30.8. The van der Waals surface area contributed by atoms with Gasteiger partial charge in [0.2, 0.25) is 0 Å². The molecule has 262 valence electrons. The molecule has 0 aliphatic rings. The van der Waals surface area contributed by atoms with E-state index in [9.17, 15) is 4.11 Å². The molecule has 13 rings (SSSR count). The molecule has 0 bridgehead atoms. The molecule has 1 heterocycles. The Hall–Kier alpha value is -7.48. The van der Waals surface area contributed by atoms with Gasteiger partial charge in [-0.15, -0.1) is 0 Å². The van der Waals surface area contributed by atoms with Crippen molar-refractivity contribution >= 4 is 86.4 Å². The summed E-state index contributed by atoms with van der Waals surface area (Å²) in [5, 5.41) is 15.7. The second kappa shape index (κ2) is 11.5. The molecule has 0 fully saturated rings. The summed E-state index contributed by atoms with van der Waals surface area (Å²) in [7, 11) is 0. The molecule has 13 aromatic rings. The lowest BCUT2D eigenvalue weighted by molar-refractivity contribution is 1.18.